The molecule has 0 saturated carbocycles. The Balaban J connectivity index is 1.76. The van der Waals surface area contributed by atoms with E-state index in [0.717, 1.165) is 37.4 Å². The third-order valence-corrected chi connectivity index (χ3v) is 6.31. The van der Waals surface area contributed by atoms with Gasteiger partial charge >= 0.3 is 0 Å². The number of ether oxygens (including phenoxy) is 1. The van der Waals surface area contributed by atoms with Gasteiger partial charge in [0.15, 0.2) is 5.43 Å². The first-order valence-corrected chi connectivity index (χ1v) is 11.5. The molecular weight excluding hydrogens is 404 g/mol. The Morgan fingerprint density at radius 1 is 1.00 bits per heavy atom. The Labute approximate surface area is 188 Å². The standard InChI is InChI=1S/C26H30N2O4/c1-4-27(5-2)16-9-17-28-23(18-12-14-19(15-13-18)31-6-3)22-24(29)20-10-7-8-11-21(20)32-25(22)26(28)30/h7-8,10-15,23H,4-6,9,16-17H2,1-3H3/p+1/t23-/m1/s1. The average molecular weight is 436 g/mol. The van der Waals surface area contributed by atoms with E-state index in [4.69, 9.17) is 9.15 Å². The monoisotopic (exact) mass is 435 g/mol. The van der Waals surface area contributed by atoms with Gasteiger partial charge in [0.1, 0.15) is 11.3 Å². The second kappa shape index (κ2) is 9.57. The van der Waals surface area contributed by atoms with Crippen molar-refractivity contribution in [1.82, 2.24) is 4.90 Å². The fraction of sp³-hybridized carbons (Fsp3) is 0.385. The van der Waals surface area contributed by atoms with E-state index in [9.17, 15) is 9.59 Å². The van der Waals surface area contributed by atoms with Crippen LogP contribution in [0.15, 0.2) is 57.7 Å². The number of nitrogens with zero attached hydrogens (tertiary/aromatic N) is 1. The van der Waals surface area contributed by atoms with Crippen molar-refractivity contribution in [1.29, 1.82) is 0 Å². The van der Waals surface area contributed by atoms with Crippen LogP contribution in [0.5, 0.6) is 5.75 Å². The summed E-state index contributed by atoms with van der Waals surface area (Å²) in [6, 6.07) is 14.3. The van der Waals surface area contributed by atoms with E-state index in [1.165, 1.54) is 4.90 Å². The van der Waals surface area contributed by atoms with Gasteiger partial charge in [-0.15, -0.1) is 0 Å². The second-order valence-electron chi connectivity index (χ2n) is 8.13. The van der Waals surface area contributed by atoms with Crippen LogP contribution in [0, 0.1) is 0 Å². The van der Waals surface area contributed by atoms with Gasteiger partial charge in [0.2, 0.25) is 5.76 Å². The van der Waals surface area contributed by atoms with Gasteiger partial charge in [-0.1, -0.05) is 24.3 Å². The van der Waals surface area contributed by atoms with Crippen LogP contribution in [0.25, 0.3) is 11.0 Å². The smallest absolute Gasteiger partial charge is 0.290 e. The number of hydrogen-bond acceptors (Lipinski definition) is 4. The molecule has 4 rings (SSSR count). The fourth-order valence-corrected chi connectivity index (χ4v) is 4.56. The summed E-state index contributed by atoms with van der Waals surface area (Å²) in [6.45, 7) is 10.5. The van der Waals surface area contributed by atoms with E-state index in [2.05, 4.69) is 13.8 Å². The van der Waals surface area contributed by atoms with Gasteiger partial charge in [-0.25, -0.2) is 0 Å². The molecule has 3 aromatic rings. The predicted octanol–water partition coefficient (Wildman–Crippen LogP) is 3.05. The van der Waals surface area contributed by atoms with E-state index >= 15 is 0 Å². The summed E-state index contributed by atoms with van der Waals surface area (Å²) in [5, 5.41) is 0.504. The molecule has 2 aromatic carbocycles. The van der Waals surface area contributed by atoms with Crippen molar-refractivity contribution >= 4 is 16.9 Å². The number of quaternary nitrogens is 1. The highest BCUT2D eigenvalue weighted by Gasteiger charge is 2.42. The van der Waals surface area contributed by atoms with Gasteiger partial charge in [0, 0.05) is 13.0 Å². The Hall–Kier alpha value is -3.12. The molecule has 1 atom stereocenters. The Kier molecular flexibility index (Phi) is 6.61. The summed E-state index contributed by atoms with van der Waals surface area (Å²) in [7, 11) is 0. The van der Waals surface area contributed by atoms with Gasteiger partial charge in [-0.2, -0.15) is 0 Å². The fourth-order valence-electron chi connectivity index (χ4n) is 4.56. The van der Waals surface area contributed by atoms with Crippen molar-refractivity contribution in [2.75, 3.05) is 32.8 Å². The zero-order valence-electron chi connectivity index (χ0n) is 19.0. The summed E-state index contributed by atoms with van der Waals surface area (Å²) < 4.78 is 11.6. The molecule has 0 aliphatic carbocycles. The molecule has 0 fully saturated rings. The topological polar surface area (TPSA) is 64.2 Å². The molecule has 1 aromatic heterocycles. The molecule has 0 saturated heterocycles. The van der Waals surface area contributed by atoms with Crippen LogP contribution in [0.2, 0.25) is 0 Å². The molecule has 6 nitrogen and oxygen atoms in total. The minimum atomic E-state index is -0.458. The first kappa shape index (κ1) is 22.1. The molecule has 1 aliphatic heterocycles. The number of hydrogen-bond donors (Lipinski definition) is 1. The Bertz CT molecular complexity index is 1150. The number of fused-ring (bicyclic) bond motifs is 2. The van der Waals surface area contributed by atoms with Gasteiger partial charge in [0.25, 0.3) is 5.91 Å². The molecule has 0 spiro atoms. The van der Waals surface area contributed by atoms with E-state index in [1.807, 2.05) is 43.3 Å². The first-order valence-electron chi connectivity index (χ1n) is 11.5. The second-order valence-corrected chi connectivity index (χ2v) is 8.13. The highest BCUT2D eigenvalue weighted by molar-refractivity contribution is 5.99. The lowest BCUT2D eigenvalue weighted by atomic mass is 9.98. The van der Waals surface area contributed by atoms with E-state index in [0.29, 0.717) is 29.7 Å². The number of carbonyl (C=O) groups is 1. The maximum Gasteiger partial charge on any atom is 0.290 e. The zero-order chi connectivity index (χ0) is 22.7. The van der Waals surface area contributed by atoms with Crippen LogP contribution in [0.4, 0.5) is 0 Å². The lowest BCUT2D eigenvalue weighted by Gasteiger charge is -2.26. The average Bonchev–Trinajstić information content (AvgIpc) is 3.09. The number of rotatable bonds is 9. The van der Waals surface area contributed by atoms with Crippen LogP contribution in [0.3, 0.4) is 0 Å². The third-order valence-electron chi connectivity index (χ3n) is 6.31. The van der Waals surface area contributed by atoms with Crippen LogP contribution in [-0.2, 0) is 0 Å². The van der Waals surface area contributed by atoms with Gasteiger partial charge < -0.3 is 19.0 Å². The third kappa shape index (κ3) is 4.02. The van der Waals surface area contributed by atoms with Crippen molar-refractivity contribution in [3.8, 4) is 5.75 Å². The van der Waals surface area contributed by atoms with Gasteiger partial charge in [-0.05, 0) is 50.6 Å². The summed E-state index contributed by atoms with van der Waals surface area (Å²) >= 11 is 0. The molecule has 32 heavy (non-hydrogen) atoms. The molecule has 0 radical (unpaired) electrons. The normalized spacial score (nSPS) is 15.6. The summed E-state index contributed by atoms with van der Waals surface area (Å²) in [6.07, 6.45) is 0.859. The maximum atomic E-state index is 13.5. The SMILES string of the molecule is CCOc1ccc([C@@H]2c3c(oc4ccccc4c3=O)C(=O)N2CCC[NH+](CC)CC)cc1. The van der Waals surface area contributed by atoms with Crippen molar-refractivity contribution in [3.05, 3.63) is 75.6 Å². The number of nitrogens with one attached hydrogen (secondary N) is 1. The zero-order valence-corrected chi connectivity index (χ0v) is 19.0. The molecule has 1 N–H and O–H groups in total. The minimum absolute atomic E-state index is 0.133. The summed E-state index contributed by atoms with van der Waals surface area (Å²) in [5.74, 6) is 0.724. The molecule has 1 amide bonds. The van der Waals surface area contributed by atoms with Crippen molar-refractivity contribution in [2.24, 2.45) is 0 Å². The van der Waals surface area contributed by atoms with Crippen molar-refractivity contribution in [2.45, 2.75) is 33.2 Å². The predicted molar refractivity (Wildman–Crippen MR) is 125 cm³/mol. The number of amides is 1. The van der Waals surface area contributed by atoms with Crippen molar-refractivity contribution in [3.63, 3.8) is 0 Å². The summed E-state index contributed by atoms with van der Waals surface area (Å²) in [5.41, 5.74) is 1.64. The number of benzene rings is 2. The van der Waals surface area contributed by atoms with Gasteiger partial charge in [0.05, 0.1) is 43.2 Å². The van der Waals surface area contributed by atoms with Crippen molar-refractivity contribution < 1.29 is 18.8 Å². The highest BCUT2D eigenvalue weighted by atomic mass is 16.5. The largest absolute Gasteiger partial charge is 0.494 e. The van der Waals surface area contributed by atoms with Crippen LogP contribution >= 0.6 is 0 Å². The van der Waals surface area contributed by atoms with Crippen LogP contribution in [-0.4, -0.2) is 43.6 Å². The molecule has 168 valence electrons. The van der Waals surface area contributed by atoms with Crippen LogP contribution < -0.4 is 15.1 Å². The molecular formula is C26H31N2O4+. The Morgan fingerprint density at radius 2 is 1.72 bits per heavy atom. The van der Waals surface area contributed by atoms with E-state index < -0.39 is 6.04 Å². The quantitative estimate of drug-likeness (QED) is 0.561. The first-order chi connectivity index (χ1) is 15.6. The van der Waals surface area contributed by atoms with Gasteiger partial charge in [-0.3, -0.25) is 9.59 Å². The molecule has 1 aliphatic rings. The molecule has 0 unspecified atom stereocenters. The molecule has 6 heteroatoms. The number of carbonyl (C=O) groups excluding carboxylic acids is 1. The van der Waals surface area contributed by atoms with Crippen LogP contribution in [0.1, 0.15) is 54.9 Å². The lowest BCUT2D eigenvalue weighted by molar-refractivity contribution is -0.896. The number of para-hydroxylation sites is 1. The lowest BCUT2D eigenvalue weighted by Crippen LogP contribution is -3.11. The van der Waals surface area contributed by atoms with E-state index in [-0.39, 0.29) is 17.1 Å². The molecule has 0 bridgehead atoms. The van der Waals surface area contributed by atoms with E-state index in [1.54, 1.807) is 17.0 Å². The minimum Gasteiger partial charge on any atom is -0.494 e. The summed E-state index contributed by atoms with van der Waals surface area (Å²) in [4.78, 5) is 30.2. The Morgan fingerprint density at radius 3 is 2.41 bits per heavy atom. The maximum absolute atomic E-state index is 13.5. The molecule has 2 heterocycles. The highest BCUT2D eigenvalue weighted by Crippen LogP contribution is 2.38.